The second-order valence-electron chi connectivity index (χ2n) is 6.11. The fourth-order valence-electron chi connectivity index (χ4n) is 2.95. The van der Waals surface area contributed by atoms with Gasteiger partial charge in [-0.2, -0.15) is 9.46 Å². The van der Waals surface area contributed by atoms with Crippen LogP contribution in [-0.2, 0) is 14.2 Å². The molecule has 0 saturated carbocycles. The summed E-state index contributed by atoms with van der Waals surface area (Å²) in [5.74, 6) is 0.642. The Hall–Kier alpha value is -2.88. The summed E-state index contributed by atoms with van der Waals surface area (Å²) in [7, 11) is 3.07. The minimum atomic E-state index is 0.158. The minimum absolute atomic E-state index is 0.158. The summed E-state index contributed by atoms with van der Waals surface area (Å²) < 4.78 is 28.0. The first-order chi connectivity index (χ1) is 14.2. The van der Waals surface area contributed by atoms with Gasteiger partial charge in [-0.1, -0.05) is 12.1 Å². The monoisotopic (exact) mass is 404 g/mol. The quantitative estimate of drug-likeness (QED) is 0.206. The van der Waals surface area contributed by atoms with Gasteiger partial charge < -0.3 is 34.1 Å². The third kappa shape index (κ3) is 4.58. The van der Waals surface area contributed by atoms with E-state index in [0.29, 0.717) is 54.0 Å². The van der Waals surface area contributed by atoms with Gasteiger partial charge in [0.25, 0.3) is 11.0 Å². The molecule has 0 unspecified atom stereocenters. The maximum Gasteiger partial charge on any atom is 0.332 e. The summed E-state index contributed by atoms with van der Waals surface area (Å²) in [5.41, 5.74) is 0.729. The highest BCUT2D eigenvalue weighted by Crippen LogP contribution is 2.26. The molecule has 0 atom stereocenters. The molecule has 2 aromatic carbocycles. The molecular formula is C20H24N2O7. The number of ether oxygens (including phenoxy) is 5. The number of para-hydroxylation sites is 2. The number of aromatic nitrogens is 2. The smallest absolute Gasteiger partial charge is 0.332 e. The van der Waals surface area contributed by atoms with E-state index >= 15 is 0 Å². The normalized spacial score (nSPS) is 11.2. The molecule has 1 aromatic heterocycles. The molecule has 0 fully saturated rings. The number of rotatable bonds is 11. The van der Waals surface area contributed by atoms with Crippen molar-refractivity contribution in [2.24, 2.45) is 0 Å². The van der Waals surface area contributed by atoms with Crippen LogP contribution in [0.3, 0.4) is 0 Å². The Kier molecular flexibility index (Phi) is 7.23. The molecule has 0 radical (unpaired) electrons. The molecule has 0 bridgehead atoms. The first kappa shape index (κ1) is 20.8. The lowest BCUT2D eigenvalue weighted by atomic mass is 10.2. The predicted octanol–water partition coefficient (Wildman–Crippen LogP) is 1.33. The molecule has 0 amide bonds. The van der Waals surface area contributed by atoms with E-state index < -0.39 is 0 Å². The zero-order valence-corrected chi connectivity index (χ0v) is 16.5. The first-order valence-electron chi connectivity index (χ1n) is 9.20. The molecule has 9 heteroatoms. The van der Waals surface area contributed by atoms with Crippen LogP contribution in [0.1, 0.15) is 0 Å². The van der Waals surface area contributed by atoms with E-state index in [-0.39, 0.29) is 28.7 Å². The van der Waals surface area contributed by atoms with Gasteiger partial charge in [-0.15, -0.1) is 0 Å². The number of benzene rings is 2. The fraction of sp³-hybridized carbons (Fsp3) is 0.400. The number of hydrogen-bond donors (Lipinski definition) is 0. The van der Waals surface area contributed by atoms with Gasteiger partial charge in [-0.25, -0.2) is 0 Å². The van der Waals surface area contributed by atoms with E-state index in [1.165, 1.54) is 7.11 Å². The Balaban J connectivity index is 1.73. The Morgan fingerprint density at radius 3 is 1.79 bits per heavy atom. The highest BCUT2D eigenvalue weighted by atomic mass is 16.6. The lowest BCUT2D eigenvalue weighted by Gasteiger charge is -2.12. The van der Waals surface area contributed by atoms with Crippen molar-refractivity contribution in [1.82, 2.24) is 0 Å². The topological polar surface area (TPSA) is 100 Å². The van der Waals surface area contributed by atoms with Gasteiger partial charge in [0.2, 0.25) is 0 Å². The van der Waals surface area contributed by atoms with E-state index in [9.17, 15) is 10.4 Å². The standard InChI is InChI=1S/C20H24N2O7/c1-25-9-10-27-11-12-28-13-14-29-18-8-4-6-16-20(18)22(24)15-5-3-7-17(26-2)19(15)21(16)23/h3-8H,9-14H2,1-2H3. The molecule has 9 nitrogen and oxygen atoms in total. The van der Waals surface area contributed by atoms with Crippen LogP contribution < -0.4 is 18.9 Å². The van der Waals surface area contributed by atoms with Crippen molar-refractivity contribution in [2.45, 2.75) is 0 Å². The highest BCUT2D eigenvalue weighted by Gasteiger charge is 2.27. The third-order valence-corrected chi connectivity index (χ3v) is 4.31. The largest absolute Gasteiger partial charge is 0.617 e. The molecule has 0 aliphatic heterocycles. The Morgan fingerprint density at radius 1 is 0.690 bits per heavy atom. The molecule has 0 aliphatic rings. The average molecular weight is 404 g/mol. The summed E-state index contributed by atoms with van der Waals surface area (Å²) >= 11 is 0. The fourth-order valence-corrected chi connectivity index (χ4v) is 2.95. The Labute approximate surface area is 168 Å². The maximum atomic E-state index is 13.0. The maximum absolute atomic E-state index is 13.0. The number of fused-ring (bicyclic) bond motifs is 2. The molecule has 0 aliphatic carbocycles. The lowest BCUT2D eigenvalue weighted by molar-refractivity contribution is -0.591. The van der Waals surface area contributed by atoms with Crippen LogP contribution in [-0.4, -0.2) is 53.9 Å². The van der Waals surface area contributed by atoms with Gasteiger partial charge in [0.15, 0.2) is 11.5 Å². The molecule has 3 rings (SSSR count). The van der Waals surface area contributed by atoms with Crippen molar-refractivity contribution < 1.29 is 33.1 Å². The molecule has 3 aromatic rings. The van der Waals surface area contributed by atoms with E-state index in [4.69, 9.17) is 23.7 Å². The van der Waals surface area contributed by atoms with Gasteiger partial charge in [-0.3, -0.25) is 0 Å². The molecule has 0 spiro atoms. The van der Waals surface area contributed by atoms with Gasteiger partial charge >= 0.3 is 11.0 Å². The van der Waals surface area contributed by atoms with Crippen molar-refractivity contribution in [3.8, 4) is 11.5 Å². The van der Waals surface area contributed by atoms with Crippen LogP contribution in [0.5, 0.6) is 11.5 Å². The molecule has 29 heavy (non-hydrogen) atoms. The highest BCUT2D eigenvalue weighted by molar-refractivity contribution is 5.83. The van der Waals surface area contributed by atoms with E-state index in [2.05, 4.69) is 0 Å². The van der Waals surface area contributed by atoms with Crippen molar-refractivity contribution in [1.29, 1.82) is 0 Å². The number of nitrogens with zero attached hydrogens (tertiary/aromatic N) is 2. The number of methoxy groups -OCH3 is 2. The van der Waals surface area contributed by atoms with Crippen molar-refractivity contribution in [2.75, 3.05) is 53.9 Å². The van der Waals surface area contributed by atoms with Crippen molar-refractivity contribution in [3.05, 3.63) is 46.8 Å². The van der Waals surface area contributed by atoms with Crippen molar-refractivity contribution >= 4 is 22.1 Å². The zero-order valence-electron chi connectivity index (χ0n) is 16.5. The van der Waals surface area contributed by atoms with Crippen LogP contribution in [0.15, 0.2) is 36.4 Å². The summed E-state index contributed by atoms with van der Waals surface area (Å²) in [4.78, 5) is 0. The molecule has 156 valence electrons. The summed E-state index contributed by atoms with van der Waals surface area (Å²) in [6.45, 7) is 2.49. The van der Waals surface area contributed by atoms with E-state index in [0.717, 1.165) is 0 Å². The zero-order chi connectivity index (χ0) is 20.6. The molecule has 1 heterocycles. The van der Waals surface area contributed by atoms with Gasteiger partial charge in [-0.05, 0) is 12.1 Å². The van der Waals surface area contributed by atoms with Crippen LogP contribution in [0, 0.1) is 10.4 Å². The average Bonchev–Trinajstić information content (AvgIpc) is 2.75. The molecule has 0 saturated heterocycles. The molecular weight excluding hydrogens is 380 g/mol. The van der Waals surface area contributed by atoms with E-state index in [1.807, 2.05) is 0 Å². The van der Waals surface area contributed by atoms with Gasteiger partial charge in [0.1, 0.15) is 6.61 Å². The van der Waals surface area contributed by atoms with Crippen LogP contribution in [0.25, 0.3) is 22.1 Å². The predicted molar refractivity (Wildman–Crippen MR) is 105 cm³/mol. The van der Waals surface area contributed by atoms with Crippen LogP contribution in [0.2, 0.25) is 0 Å². The third-order valence-electron chi connectivity index (χ3n) is 4.31. The van der Waals surface area contributed by atoms with Gasteiger partial charge in [0.05, 0.1) is 40.1 Å². The Morgan fingerprint density at radius 2 is 1.21 bits per heavy atom. The van der Waals surface area contributed by atoms with Gasteiger partial charge in [0, 0.05) is 19.2 Å². The van der Waals surface area contributed by atoms with E-state index in [1.54, 1.807) is 43.5 Å². The summed E-state index contributed by atoms with van der Waals surface area (Å²) in [5, 5.41) is 25.8. The SMILES string of the molecule is COCCOCCOCCOc1cccc2c1[n+]([O-])c1cccc(OC)c1[n+]2[O-]. The number of hydrogen-bond acceptors (Lipinski definition) is 7. The van der Waals surface area contributed by atoms with Crippen LogP contribution >= 0.6 is 0 Å². The van der Waals surface area contributed by atoms with Crippen molar-refractivity contribution in [3.63, 3.8) is 0 Å². The Bertz CT molecular complexity index is 965. The second-order valence-corrected chi connectivity index (χ2v) is 6.11. The second kappa shape index (κ2) is 10.1. The van der Waals surface area contributed by atoms with Crippen LogP contribution in [0.4, 0.5) is 0 Å². The molecule has 0 N–H and O–H groups in total. The lowest BCUT2D eigenvalue weighted by Crippen LogP contribution is -2.39. The first-order valence-corrected chi connectivity index (χ1v) is 9.20. The summed E-state index contributed by atoms with van der Waals surface area (Å²) in [6.07, 6.45) is 0. The summed E-state index contributed by atoms with van der Waals surface area (Å²) in [6, 6.07) is 9.76. The minimum Gasteiger partial charge on any atom is -0.617 e.